The lowest BCUT2D eigenvalue weighted by atomic mass is 9.80. The summed E-state index contributed by atoms with van der Waals surface area (Å²) in [6, 6.07) is 4.15. The SMILES string of the molecule is CC(C)NCc1ccc(F)cc1S(=O)(=O)NC1(C)CCC1. The van der Waals surface area contributed by atoms with Crippen molar-refractivity contribution < 1.29 is 12.8 Å². The van der Waals surface area contributed by atoms with Gasteiger partial charge in [0.25, 0.3) is 0 Å². The smallest absolute Gasteiger partial charge is 0.241 e. The maximum Gasteiger partial charge on any atom is 0.241 e. The third kappa shape index (κ3) is 4.02. The highest BCUT2D eigenvalue weighted by molar-refractivity contribution is 7.89. The standard InChI is InChI=1S/C15H23FN2O2S/c1-11(2)17-10-12-5-6-13(16)9-14(12)21(19,20)18-15(3)7-4-8-15/h5-6,9,11,17-18H,4,7-8,10H2,1-3H3. The number of rotatable bonds is 6. The molecule has 0 atom stereocenters. The van der Waals surface area contributed by atoms with Gasteiger partial charge in [-0.1, -0.05) is 19.9 Å². The first-order valence-corrected chi connectivity index (χ1v) is 8.76. The Kier molecular flexibility index (Phi) is 4.70. The van der Waals surface area contributed by atoms with E-state index < -0.39 is 21.4 Å². The van der Waals surface area contributed by atoms with Crippen LogP contribution >= 0.6 is 0 Å². The minimum atomic E-state index is -3.71. The molecule has 0 bridgehead atoms. The fourth-order valence-electron chi connectivity index (χ4n) is 2.43. The zero-order chi connectivity index (χ0) is 15.7. The summed E-state index contributed by atoms with van der Waals surface area (Å²) < 4.78 is 41.3. The van der Waals surface area contributed by atoms with Gasteiger partial charge in [0.05, 0.1) is 4.90 Å². The number of hydrogen-bond donors (Lipinski definition) is 2. The molecule has 1 fully saturated rings. The zero-order valence-electron chi connectivity index (χ0n) is 12.7. The highest BCUT2D eigenvalue weighted by atomic mass is 32.2. The highest BCUT2D eigenvalue weighted by Gasteiger charge is 2.36. The van der Waals surface area contributed by atoms with Crippen LogP contribution in [0.3, 0.4) is 0 Å². The van der Waals surface area contributed by atoms with Gasteiger partial charge in [-0.05, 0) is 43.9 Å². The molecule has 21 heavy (non-hydrogen) atoms. The van der Waals surface area contributed by atoms with Crippen molar-refractivity contribution >= 4 is 10.0 Å². The third-order valence-electron chi connectivity index (χ3n) is 3.86. The van der Waals surface area contributed by atoms with Crippen LogP contribution < -0.4 is 10.0 Å². The van der Waals surface area contributed by atoms with Crippen LogP contribution in [0.2, 0.25) is 0 Å². The Morgan fingerprint density at radius 3 is 2.52 bits per heavy atom. The molecule has 1 aliphatic rings. The minimum Gasteiger partial charge on any atom is -0.310 e. The number of hydrogen-bond acceptors (Lipinski definition) is 3. The van der Waals surface area contributed by atoms with E-state index in [0.717, 1.165) is 25.3 Å². The lowest BCUT2D eigenvalue weighted by Gasteiger charge is -2.38. The summed E-state index contributed by atoms with van der Waals surface area (Å²) in [6.45, 7) is 6.24. The average Bonchev–Trinajstić information content (AvgIpc) is 2.34. The lowest BCUT2D eigenvalue weighted by Crippen LogP contribution is -2.50. The molecule has 0 radical (unpaired) electrons. The topological polar surface area (TPSA) is 58.2 Å². The summed E-state index contributed by atoms with van der Waals surface area (Å²) >= 11 is 0. The van der Waals surface area contributed by atoms with Crippen LogP contribution in [-0.2, 0) is 16.6 Å². The Balaban J connectivity index is 2.29. The lowest BCUT2D eigenvalue weighted by molar-refractivity contribution is 0.248. The van der Waals surface area contributed by atoms with Crippen LogP contribution in [0.1, 0.15) is 45.6 Å². The summed E-state index contributed by atoms with van der Waals surface area (Å²) in [5, 5.41) is 3.17. The molecule has 4 nitrogen and oxygen atoms in total. The molecule has 2 rings (SSSR count). The van der Waals surface area contributed by atoms with E-state index in [-0.39, 0.29) is 10.9 Å². The molecule has 118 valence electrons. The van der Waals surface area contributed by atoms with Crippen molar-refractivity contribution in [2.24, 2.45) is 0 Å². The van der Waals surface area contributed by atoms with Crippen molar-refractivity contribution in [3.63, 3.8) is 0 Å². The van der Waals surface area contributed by atoms with Crippen LogP contribution in [0.15, 0.2) is 23.1 Å². The first kappa shape index (κ1) is 16.4. The van der Waals surface area contributed by atoms with Gasteiger partial charge in [-0.2, -0.15) is 0 Å². The van der Waals surface area contributed by atoms with Crippen LogP contribution in [0.5, 0.6) is 0 Å². The molecular formula is C15H23FN2O2S. The molecule has 0 aromatic heterocycles. The number of sulfonamides is 1. The molecule has 0 spiro atoms. The summed E-state index contributed by atoms with van der Waals surface area (Å²) in [5.41, 5.74) is 0.189. The summed E-state index contributed by atoms with van der Waals surface area (Å²) in [4.78, 5) is 0.0313. The summed E-state index contributed by atoms with van der Waals surface area (Å²) in [5.74, 6) is -0.539. The largest absolute Gasteiger partial charge is 0.310 e. The van der Waals surface area contributed by atoms with Crippen molar-refractivity contribution in [3.05, 3.63) is 29.6 Å². The molecule has 0 aliphatic heterocycles. The van der Waals surface area contributed by atoms with Crippen LogP contribution in [-0.4, -0.2) is 20.0 Å². The maximum absolute atomic E-state index is 13.5. The van der Waals surface area contributed by atoms with Gasteiger partial charge in [-0.3, -0.25) is 0 Å². The number of nitrogens with one attached hydrogen (secondary N) is 2. The monoisotopic (exact) mass is 314 g/mol. The molecule has 1 aliphatic carbocycles. The second kappa shape index (κ2) is 6.02. The van der Waals surface area contributed by atoms with E-state index in [0.29, 0.717) is 12.1 Å². The maximum atomic E-state index is 13.5. The van der Waals surface area contributed by atoms with E-state index in [1.807, 2.05) is 20.8 Å². The Morgan fingerprint density at radius 1 is 1.33 bits per heavy atom. The van der Waals surface area contributed by atoms with E-state index in [1.54, 1.807) is 0 Å². The van der Waals surface area contributed by atoms with Gasteiger partial charge in [0.1, 0.15) is 5.82 Å². The van der Waals surface area contributed by atoms with Crippen molar-refractivity contribution in [2.75, 3.05) is 0 Å². The van der Waals surface area contributed by atoms with E-state index in [1.165, 1.54) is 12.1 Å². The molecule has 6 heteroatoms. The molecule has 2 N–H and O–H groups in total. The molecule has 1 saturated carbocycles. The zero-order valence-corrected chi connectivity index (χ0v) is 13.6. The quantitative estimate of drug-likeness (QED) is 0.848. The number of benzene rings is 1. The summed E-state index contributed by atoms with van der Waals surface area (Å²) in [6.07, 6.45) is 2.66. The first-order valence-electron chi connectivity index (χ1n) is 7.28. The minimum absolute atomic E-state index is 0.0313. The van der Waals surface area contributed by atoms with Gasteiger partial charge in [0, 0.05) is 18.1 Å². The second-order valence-corrected chi connectivity index (χ2v) is 7.96. The molecule has 0 unspecified atom stereocenters. The predicted octanol–water partition coefficient (Wildman–Crippen LogP) is 2.54. The Hall–Kier alpha value is -0.980. The Morgan fingerprint density at radius 2 is 2.00 bits per heavy atom. The molecule has 0 saturated heterocycles. The van der Waals surface area contributed by atoms with Gasteiger partial charge in [0.15, 0.2) is 0 Å². The summed E-state index contributed by atoms with van der Waals surface area (Å²) in [7, 11) is -3.71. The normalized spacial score (nSPS) is 17.8. The molecule has 1 aromatic rings. The van der Waals surface area contributed by atoms with E-state index in [4.69, 9.17) is 0 Å². The van der Waals surface area contributed by atoms with Gasteiger partial charge in [-0.25, -0.2) is 17.5 Å². The Bertz CT molecular complexity index is 610. The fourth-order valence-corrected chi connectivity index (χ4v) is 4.14. The van der Waals surface area contributed by atoms with Gasteiger partial charge >= 0.3 is 0 Å². The van der Waals surface area contributed by atoms with E-state index >= 15 is 0 Å². The molecular weight excluding hydrogens is 291 g/mol. The highest BCUT2D eigenvalue weighted by Crippen LogP contribution is 2.33. The molecule has 0 amide bonds. The van der Waals surface area contributed by atoms with Gasteiger partial charge in [-0.15, -0.1) is 0 Å². The number of halogens is 1. The van der Waals surface area contributed by atoms with Crippen molar-refractivity contribution in [1.82, 2.24) is 10.0 Å². The second-order valence-electron chi connectivity index (χ2n) is 6.31. The molecule has 1 aromatic carbocycles. The van der Waals surface area contributed by atoms with Crippen molar-refractivity contribution in [3.8, 4) is 0 Å². The fraction of sp³-hybridized carbons (Fsp3) is 0.600. The van der Waals surface area contributed by atoms with E-state index in [2.05, 4.69) is 10.0 Å². The van der Waals surface area contributed by atoms with Crippen molar-refractivity contribution in [2.45, 2.75) is 63.1 Å². The predicted molar refractivity (Wildman–Crippen MR) is 81.0 cm³/mol. The Labute approximate surface area is 126 Å². The van der Waals surface area contributed by atoms with Crippen LogP contribution in [0.25, 0.3) is 0 Å². The average molecular weight is 314 g/mol. The first-order chi connectivity index (χ1) is 9.72. The van der Waals surface area contributed by atoms with Crippen LogP contribution in [0, 0.1) is 5.82 Å². The molecule has 0 heterocycles. The van der Waals surface area contributed by atoms with Gasteiger partial charge < -0.3 is 5.32 Å². The third-order valence-corrected chi connectivity index (χ3v) is 5.58. The van der Waals surface area contributed by atoms with E-state index in [9.17, 15) is 12.8 Å². The van der Waals surface area contributed by atoms with Crippen LogP contribution in [0.4, 0.5) is 4.39 Å². The van der Waals surface area contributed by atoms with Crippen molar-refractivity contribution in [1.29, 1.82) is 0 Å². The van der Waals surface area contributed by atoms with Gasteiger partial charge in [0.2, 0.25) is 10.0 Å².